The molecule has 160 valence electrons. The lowest BCUT2D eigenvalue weighted by Crippen LogP contribution is -2.48. The Morgan fingerprint density at radius 2 is 1.70 bits per heavy atom. The van der Waals surface area contributed by atoms with Gasteiger partial charge in [0.05, 0.1) is 4.90 Å². The highest BCUT2D eigenvalue weighted by atomic mass is 32.2. The number of hydrazine groups is 1. The zero-order valence-electron chi connectivity index (χ0n) is 16.3. The number of anilines is 1. The van der Waals surface area contributed by atoms with Gasteiger partial charge in [0, 0.05) is 44.5 Å². The molecule has 1 heterocycles. The second kappa shape index (κ2) is 8.67. The van der Waals surface area contributed by atoms with Crippen LogP contribution in [-0.2, 0) is 10.0 Å². The summed E-state index contributed by atoms with van der Waals surface area (Å²) in [6.07, 6.45) is 0. The molecule has 1 saturated heterocycles. The van der Waals surface area contributed by atoms with Crippen molar-refractivity contribution in [3.63, 3.8) is 0 Å². The van der Waals surface area contributed by atoms with Gasteiger partial charge >= 0.3 is 6.03 Å². The molecule has 30 heavy (non-hydrogen) atoms. The number of nitrogens with one attached hydrogen (secondary N) is 1. The zero-order chi connectivity index (χ0) is 21.9. The van der Waals surface area contributed by atoms with Crippen molar-refractivity contribution in [1.29, 1.82) is 0 Å². The Bertz CT molecular complexity index is 1040. The van der Waals surface area contributed by atoms with Gasteiger partial charge < -0.3 is 10.6 Å². The van der Waals surface area contributed by atoms with Crippen LogP contribution in [0.4, 0.5) is 14.9 Å². The second-order valence-corrected chi connectivity index (χ2v) is 8.67. The predicted octanol–water partition coefficient (Wildman–Crippen LogP) is 0.992. The Hall–Kier alpha value is -3.18. The van der Waals surface area contributed by atoms with Crippen LogP contribution < -0.4 is 16.1 Å². The van der Waals surface area contributed by atoms with E-state index in [0.717, 1.165) is 10.7 Å². The van der Waals surface area contributed by atoms with Crippen LogP contribution in [0.2, 0.25) is 0 Å². The van der Waals surface area contributed by atoms with E-state index in [4.69, 9.17) is 5.73 Å². The van der Waals surface area contributed by atoms with Gasteiger partial charge in [-0.05, 0) is 42.5 Å². The highest BCUT2D eigenvalue weighted by Crippen LogP contribution is 2.22. The third-order valence-corrected chi connectivity index (χ3v) is 6.66. The number of benzene rings is 2. The van der Waals surface area contributed by atoms with Crippen LogP contribution >= 0.6 is 0 Å². The molecule has 0 atom stereocenters. The number of piperazine rings is 1. The first-order valence-corrected chi connectivity index (χ1v) is 10.6. The van der Waals surface area contributed by atoms with Gasteiger partial charge in [0.15, 0.2) is 0 Å². The average molecular weight is 435 g/mol. The maximum Gasteiger partial charge on any atom is 0.333 e. The number of carbonyl (C=O) groups is 2. The fraction of sp³-hybridized carbons (Fsp3) is 0.263. The van der Waals surface area contributed by atoms with Crippen LogP contribution in [-0.4, -0.2) is 62.9 Å². The van der Waals surface area contributed by atoms with Crippen molar-refractivity contribution in [2.24, 2.45) is 5.73 Å². The van der Waals surface area contributed by atoms with E-state index in [-0.39, 0.29) is 29.4 Å². The quantitative estimate of drug-likeness (QED) is 0.695. The molecule has 0 bridgehead atoms. The number of amides is 3. The van der Waals surface area contributed by atoms with E-state index >= 15 is 0 Å². The summed E-state index contributed by atoms with van der Waals surface area (Å²) in [4.78, 5) is 25.2. The second-order valence-electron chi connectivity index (χ2n) is 6.73. The largest absolute Gasteiger partial charge is 0.369 e. The van der Waals surface area contributed by atoms with Crippen molar-refractivity contribution in [1.82, 2.24) is 14.7 Å². The van der Waals surface area contributed by atoms with Gasteiger partial charge in [0.2, 0.25) is 10.0 Å². The summed E-state index contributed by atoms with van der Waals surface area (Å²) in [5.41, 5.74) is 8.23. The van der Waals surface area contributed by atoms with E-state index in [2.05, 4.69) is 5.43 Å². The number of carbonyl (C=O) groups excluding carboxylic acids is 2. The van der Waals surface area contributed by atoms with Crippen molar-refractivity contribution in [2.45, 2.75) is 4.90 Å². The minimum Gasteiger partial charge on any atom is -0.369 e. The number of hydrogen-bond donors (Lipinski definition) is 2. The first-order valence-electron chi connectivity index (χ1n) is 9.13. The van der Waals surface area contributed by atoms with E-state index in [1.807, 2.05) is 4.90 Å². The lowest BCUT2D eigenvalue weighted by Gasteiger charge is -2.35. The van der Waals surface area contributed by atoms with E-state index in [0.29, 0.717) is 13.1 Å². The highest BCUT2D eigenvalue weighted by molar-refractivity contribution is 7.89. The zero-order valence-corrected chi connectivity index (χ0v) is 17.1. The van der Waals surface area contributed by atoms with Gasteiger partial charge in [0.1, 0.15) is 5.82 Å². The van der Waals surface area contributed by atoms with Crippen molar-refractivity contribution < 1.29 is 22.4 Å². The molecule has 11 heteroatoms. The number of nitrogens with zero attached hydrogens (tertiary/aromatic N) is 3. The van der Waals surface area contributed by atoms with E-state index in [1.165, 1.54) is 47.8 Å². The molecule has 9 nitrogen and oxygen atoms in total. The average Bonchev–Trinajstić information content (AvgIpc) is 2.74. The Balaban J connectivity index is 1.71. The summed E-state index contributed by atoms with van der Waals surface area (Å²) in [5, 5.41) is 0.804. The number of primary amides is 1. The van der Waals surface area contributed by atoms with E-state index < -0.39 is 22.0 Å². The van der Waals surface area contributed by atoms with Crippen molar-refractivity contribution in [2.75, 3.05) is 38.1 Å². The van der Waals surface area contributed by atoms with Gasteiger partial charge in [-0.1, -0.05) is 6.07 Å². The fourth-order valence-electron chi connectivity index (χ4n) is 3.06. The Morgan fingerprint density at radius 3 is 2.30 bits per heavy atom. The molecular weight excluding hydrogens is 413 g/mol. The van der Waals surface area contributed by atoms with Crippen LogP contribution in [0.1, 0.15) is 10.4 Å². The Kier molecular flexibility index (Phi) is 6.22. The standard InChI is InChI=1S/C19H22FN5O4S/c1-23(19(21)27)22-18(26)14-3-2-4-17(13-14)30(28,29)25-11-9-24(10-12-25)16-7-5-15(20)6-8-16/h2-8,13H,9-12H2,1H3,(H2,21,27)(H,22,26). The minimum atomic E-state index is -3.81. The fourth-order valence-corrected chi connectivity index (χ4v) is 4.53. The number of rotatable bonds is 4. The summed E-state index contributed by atoms with van der Waals surface area (Å²) in [6.45, 7) is 1.41. The van der Waals surface area contributed by atoms with E-state index in [1.54, 1.807) is 12.1 Å². The molecule has 1 fully saturated rings. The number of halogens is 1. The van der Waals surface area contributed by atoms with Gasteiger partial charge in [-0.2, -0.15) is 4.31 Å². The normalized spacial score (nSPS) is 14.9. The maximum absolute atomic E-state index is 13.1. The lowest BCUT2D eigenvalue weighted by molar-refractivity contribution is 0.0859. The van der Waals surface area contributed by atoms with Crippen LogP contribution in [0, 0.1) is 5.82 Å². The Labute approximate surface area is 173 Å². The number of sulfonamides is 1. The summed E-state index contributed by atoms with van der Waals surface area (Å²) in [5.74, 6) is -0.986. The molecule has 0 saturated carbocycles. The van der Waals surface area contributed by atoms with Crippen molar-refractivity contribution in [3.05, 3.63) is 59.9 Å². The molecule has 3 N–H and O–H groups in total. The molecule has 1 aliphatic heterocycles. The van der Waals surface area contributed by atoms with Crippen LogP contribution in [0.15, 0.2) is 53.4 Å². The molecule has 0 spiro atoms. The van der Waals surface area contributed by atoms with Gasteiger partial charge in [-0.3, -0.25) is 10.2 Å². The first kappa shape index (κ1) is 21.5. The molecule has 0 aliphatic carbocycles. The topological polar surface area (TPSA) is 116 Å². The van der Waals surface area contributed by atoms with Gasteiger partial charge in [-0.15, -0.1) is 0 Å². The van der Waals surface area contributed by atoms with Crippen LogP contribution in [0.5, 0.6) is 0 Å². The highest BCUT2D eigenvalue weighted by Gasteiger charge is 2.29. The SMILES string of the molecule is CN(NC(=O)c1cccc(S(=O)(=O)N2CCN(c3ccc(F)cc3)CC2)c1)C(N)=O. The molecular formula is C19H22FN5O4S. The van der Waals surface area contributed by atoms with Crippen LogP contribution in [0.3, 0.4) is 0 Å². The van der Waals surface area contributed by atoms with Gasteiger partial charge in [-0.25, -0.2) is 22.6 Å². The minimum absolute atomic E-state index is 0.0212. The smallest absolute Gasteiger partial charge is 0.333 e. The summed E-state index contributed by atoms with van der Waals surface area (Å²) < 4.78 is 40.5. The van der Waals surface area contributed by atoms with E-state index in [9.17, 15) is 22.4 Å². The van der Waals surface area contributed by atoms with Crippen molar-refractivity contribution in [3.8, 4) is 0 Å². The molecule has 0 radical (unpaired) electrons. The molecule has 0 aromatic heterocycles. The third kappa shape index (κ3) is 4.69. The molecule has 3 amide bonds. The molecule has 2 aromatic carbocycles. The summed E-state index contributed by atoms with van der Waals surface area (Å²) in [7, 11) is -2.53. The Morgan fingerprint density at radius 1 is 1.07 bits per heavy atom. The summed E-state index contributed by atoms with van der Waals surface area (Å²) in [6, 6.07) is 10.8. The molecule has 1 aliphatic rings. The van der Waals surface area contributed by atoms with Crippen LogP contribution in [0.25, 0.3) is 0 Å². The predicted molar refractivity (Wildman–Crippen MR) is 109 cm³/mol. The lowest BCUT2D eigenvalue weighted by atomic mass is 10.2. The van der Waals surface area contributed by atoms with Gasteiger partial charge in [0.25, 0.3) is 5.91 Å². The number of urea groups is 1. The first-order chi connectivity index (χ1) is 14.2. The molecule has 2 aromatic rings. The number of nitrogens with two attached hydrogens (primary N) is 1. The number of hydrogen-bond acceptors (Lipinski definition) is 5. The monoisotopic (exact) mass is 435 g/mol. The molecule has 0 unspecified atom stereocenters. The van der Waals surface area contributed by atoms with Crippen molar-refractivity contribution >= 4 is 27.6 Å². The summed E-state index contributed by atoms with van der Waals surface area (Å²) >= 11 is 0. The maximum atomic E-state index is 13.1. The third-order valence-electron chi connectivity index (χ3n) is 4.76. The molecule has 3 rings (SSSR count).